The molecule has 0 radical (unpaired) electrons. The van der Waals surface area contributed by atoms with Gasteiger partial charge in [0.25, 0.3) is 0 Å². The summed E-state index contributed by atoms with van der Waals surface area (Å²) in [6.45, 7) is 2.47. The Balaban J connectivity index is 2.54. The molecule has 5 N–H and O–H groups in total. The largest absolute Gasteiger partial charge is 0.383 e. The van der Waals surface area contributed by atoms with Gasteiger partial charge in [-0.05, 0) is 6.92 Å². The number of hydrogen-bond acceptors (Lipinski definition) is 6. The van der Waals surface area contributed by atoms with E-state index in [1.54, 1.807) is 0 Å². The number of nitrogen functional groups attached to an aromatic ring is 2. The number of carbonyl (C=O) groups is 1. The minimum atomic E-state index is -0.0629. The molecule has 1 amide bonds. The van der Waals surface area contributed by atoms with E-state index in [9.17, 15) is 4.79 Å². The molecule has 15 heavy (non-hydrogen) atoms. The lowest BCUT2D eigenvalue weighted by atomic mass is 10.5. The molecule has 1 aromatic heterocycles. The van der Waals surface area contributed by atoms with Crippen molar-refractivity contribution in [1.29, 1.82) is 0 Å². The van der Waals surface area contributed by atoms with Gasteiger partial charge in [0, 0.05) is 12.6 Å². The van der Waals surface area contributed by atoms with Gasteiger partial charge in [-0.3, -0.25) is 4.79 Å². The highest BCUT2D eigenvalue weighted by Gasteiger charge is 2.05. The fraction of sp³-hybridized carbons (Fsp3) is 0.375. The fourth-order valence-electron chi connectivity index (χ4n) is 0.905. The number of aromatic nitrogens is 2. The molecule has 0 unspecified atom stereocenters. The lowest BCUT2D eigenvalue weighted by Gasteiger charge is -2.02. The van der Waals surface area contributed by atoms with Crippen LogP contribution in [-0.4, -0.2) is 28.2 Å². The Morgan fingerprint density at radius 3 is 2.60 bits per heavy atom. The van der Waals surface area contributed by atoms with Crippen molar-refractivity contribution in [2.45, 2.75) is 12.1 Å². The van der Waals surface area contributed by atoms with Crippen LogP contribution in [0.1, 0.15) is 6.92 Å². The van der Waals surface area contributed by atoms with Crippen LogP contribution in [0.25, 0.3) is 0 Å². The minimum absolute atomic E-state index is 0.0629. The molecule has 0 atom stereocenters. The standard InChI is InChI=1S/C8H13N5OS/c1-2-11-7(14)4-15-8-12-5(9)3-6(10)13-8/h3H,2,4H2,1H3,(H,11,14)(H4,9,10,12,13). The summed E-state index contributed by atoms with van der Waals surface area (Å²) in [6, 6.07) is 1.47. The summed E-state index contributed by atoms with van der Waals surface area (Å²) in [5.41, 5.74) is 11.0. The van der Waals surface area contributed by atoms with Crippen molar-refractivity contribution in [1.82, 2.24) is 15.3 Å². The first-order chi connectivity index (χ1) is 7.11. The van der Waals surface area contributed by atoms with Gasteiger partial charge in [-0.1, -0.05) is 11.8 Å². The zero-order valence-corrected chi connectivity index (χ0v) is 9.17. The third-order valence-electron chi connectivity index (χ3n) is 1.45. The Morgan fingerprint density at radius 1 is 1.47 bits per heavy atom. The summed E-state index contributed by atoms with van der Waals surface area (Å²) in [5.74, 6) is 0.811. The molecule has 7 heteroatoms. The van der Waals surface area contributed by atoms with Gasteiger partial charge in [0.2, 0.25) is 5.91 Å². The van der Waals surface area contributed by atoms with Crippen LogP contribution in [0.3, 0.4) is 0 Å². The summed E-state index contributed by atoms with van der Waals surface area (Å²) >= 11 is 1.20. The number of nitrogens with one attached hydrogen (secondary N) is 1. The van der Waals surface area contributed by atoms with Crippen molar-refractivity contribution < 1.29 is 4.79 Å². The Hall–Kier alpha value is -1.50. The number of hydrogen-bond donors (Lipinski definition) is 3. The van der Waals surface area contributed by atoms with Crippen LogP contribution in [0.4, 0.5) is 11.6 Å². The Morgan fingerprint density at radius 2 is 2.07 bits per heavy atom. The van der Waals surface area contributed by atoms with E-state index in [1.807, 2.05) is 6.92 Å². The van der Waals surface area contributed by atoms with Crippen LogP contribution < -0.4 is 16.8 Å². The van der Waals surface area contributed by atoms with E-state index in [0.29, 0.717) is 23.3 Å². The highest BCUT2D eigenvalue weighted by Crippen LogP contribution is 2.15. The highest BCUT2D eigenvalue weighted by atomic mass is 32.2. The maximum atomic E-state index is 11.1. The summed E-state index contributed by atoms with van der Waals surface area (Å²) in [4.78, 5) is 19.0. The van der Waals surface area contributed by atoms with Gasteiger partial charge in [-0.25, -0.2) is 9.97 Å². The maximum Gasteiger partial charge on any atom is 0.230 e. The van der Waals surface area contributed by atoms with Crippen molar-refractivity contribution in [3.05, 3.63) is 6.07 Å². The average Bonchev–Trinajstić information content (AvgIpc) is 2.14. The van der Waals surface area contributed by atoms with Gasteiger partial charge in [-0.2, -0.15) is 0 Å². The predicted molar refractivity (Wildman–Crippen MR) is 60.3 cm³/mol. The van der Waals surface area contributed by atoms with Crippen LogP contribution in [0.2, 0.25) is 0 Å². The summed E-state index contributed by atoms with van der Waals surface area (Å²) in [5, 5.41) is 3.08. The summed E-state index contributed by atoms with van der Waals surface area (Å²) in [6.07, 6.45) is 0. The Bertz CT molecular complexity index is 337. The predicted octanol–water partition coefficient (Wildman–Crippen LogP) is -0.131. The molecule has 0 spiro atoms. The number of nitrogens with two attached hydrogens (primary N) is 2. The second-order valence-corrected chi connectivity index (χ2v) is 3.68. The first-order valence-electron chi connectivity index (χ1n) is 4.41. The molecule has 0 aromatic carbocycles. The lowest BCUT2D eigenvalue weighted by molar-refractivity contribution is -0.118. The van der Waals surface area contributed by atoms with Gasteiger partial charge in [0.15, 0.2) is 5.16 Å². The van der Waals surface area contributed by atoms with Crippen molar-refractivity contribution >= 4 is 29.3 Å². The lowest BCUT2D eigenvalue weighted by Crippen LogP contribution is -2.24. The topological polar surface area (TPSA) is 107 Å². The van der Waals surface area contributed by atoms with E-state index in [4.69, 9.17) is 11.5 Å². The van der Waals surface area contributed by atoms with Crippen LogP contribution in [0.5, 0.6) is 0 Å². The molecule has 82 valence electrons. The number of anilines is 2. The third-order valence-corrected chi connectivity index (χ3v) is 2.30. The SMILES string of the molecule is CCNC(=O)CSc1nc(N)cc(N)n1. The van der Waals surface area contributed by atoms with Crippen LogP contribution in [-0.2, 0) is 4.79 Å². The second kappa shape index (κ2) is 5.40. The van der Waals surface area contributed by atoms with E-state index in [0.717, 1.165) is 0 Å². The van der Waals surface area contributed by atoms with Crippen molar-refractivity contribution in [3.8, 4) is 0 Å². The number of nitrogens with zero attached hydrogens (tertiary/aromatic N) is 2. The minimum Gasteiger partial charge on any atom is -0.383 e. The van der Waals surface area contributed by atoms with E-state index < -0.39 is 0 Å². The Kier molecular flexibility index (Phi) is 4.17. The van der Waals surface area contributed by atoms with E-state index >= 15 is 0 Å². The molecule has 0 saturated heterocycles. The molecular formula is C8H13N5OS. The van der Waals surface area contributed by atoms with Crippen molar-refractivity contribution in [3.63, 3.8) is 0 Å². The zero-order valence-electron chi connectivity index (χ0n) is 8.36. The molecule has 0 bridgehead atoms. The molecule has 1 aromatic rings. The molecule has 1 rings (SSSR count). The molecule has 6 nitrogen and oxygen atoms in total. The first-order valence-corrected chi connectivity index (χ1v) is 5.40. The maximum absolute atomic E-state index is 11.1. The van der Waals surface area contributed by atoms with E-state index in [1.165, 1.54) is 17.8 Å². The molecular weight excluding hydrogens is 214 g/mol. The van der Waals surface area contributed by atoms with Gasteiger partial charge in [0.1, 0.15) is 11.6 Å². The monoisotopic (exact) mass is 227 g/mol. The fourth-order valence-corrected chi connectivity index (χ4v) is 1.61. The second-order valence-electron chi connectivity index (χ2n) is 2.74. The van der Waals surface area contributed by atoms with Crippen LogP contribution in [0, 0.1) is 0 Å². The van der Waals surface area contributed by atoms with Crippen molar-refractivity contribution in [2.75, 3.05) is 23.8 Å². The summed E-state index contributed by atoms with van der Waals surface area (Å²) < 4.78 is 0. The normalized spacial score (nSPS) is 9.93. The smallest absolute Gasteiger partial charge is 0.230 e. The summed E-state index contributed by atoms with van der Waals surface area (Å²) in [7, 11) is 0. The number of amides is 1. The first kappa shape index (κ1) is 11.6. The number of thioether (sulfide) groups is 1. The molecule has 0 aliphatic heterocycles. The van der Waals surface area contributed by atoms with Crippen LogP contribution >= 0.6 is 11.8 Å². The number of carbonyl (C=O) groups excluding carboxylic acids is 1. The quantitative estimate of drug-likeness (QED) is 0.488. The van der Waals surface area contributed by atoms with E-state index in [-0.39, 0.29) is 11.7 Å². The third kappa shape index (κ3) is 4.03. The molecule has 0 aliphatic rings. The molecule has 1 heterocycles. The van der Waals surface area contributed by atoms with Crippen molar-refractivity contribution in [2.24, 2.45) is 0 Å². The highest BCUT2D eigenvalue weighted by molar-refractivity contribution is 7.99. The Labute approximate surface area is 91.8 Å². The molecule has 0 aliphatic carbocycles. The number of rotatable bonds is 4. The van der Waals surface area contributed by atoms with E-state index in [2.05, 4.69) is 15.3 Å². The van der Waals surface area contributed by atoms with Crippen LogP contribution in [0.15, 0.2) is 11.2 Å². The van der Waals surface area contributed by atoms with Gasteiger partial charge in [-0.15, -0.1) is 0 Å². The molecule has 0 fully saturated rings. The zero-order chi connectivity index (χ0) is 11.3. The van der Waals surface area contributed by atoms with Gasteiger partial charge < -0.3 is 16.8 Å². The average molecular weight is 227 g/mol. The molecule has 0 saturated carbocycles. The van der Waals surface area contributed by atoms with Gasteiger partial charge >= 0.3 is 0 Å². The van der Waals surface area contributed by atoms with Gasteiger partial charge in [0.05, 0.1) is 5.75 Å².